The number of alkyl halides is 3. The molecule has 3 rings (SSSR count). The Kier molecular flexibility index (Phi) is 7.18. The van der Waals surface area contributed by atoms with E-state index in [4.69, 9.17) is 0 Å². The number of hydrogen-bond acceptors (Lipinski definition) is 5. The van der Waals surface area contributed by atoms with Gasteiger partial charge in [-0.1, -0.05) is 25.1 Å². The SMILES string of the molecule is CCCn1c(=O)c([N+](=O)[O-])c(/C=C/c2cnn(Cc3ccccc3C(F)(F)F)c2)n(CC)c1=O. The van der Waals surface area contributed by atoms with Crippen LogP contribution in [0.2, 0.25) is 0 Å². The zero-order valence-corrected chi connectivity index (χ0v) is 18.5. The molecule has 2 aromatic heterocycles. The summed E-state index contributed by atoms with van der Waals surface area (Å²) in [4.78, 5) is 36.1. The zero-order valence-electron chi connectivity index (χ0n) is 18.5. The summed E-state index contributed by atoms with van der Waals surface area (Å²) < 4.78 is 43.0. The second kappa shape index (κ2) is 9.89. The summed E-state index contributed by atoms with van der Waals surface area (Å²) in [7, 11) is 0. The van der Waals surface area contributed by atoms with Crippen molar-refractivity contribution in [3.8, 4) is 0 Å². The van der Waals surface area contributed by atoms with E-state index in [0.717, 1.165) is 15.2 Å². The molecule has 0 saturated heterocycles. The van der Waals surface area contributed by atoms with Gasteiger partial charge in [0.05, 0.1) is 23.2 Å². The lowest BCUT2D eigenvalue weighted by atomic mass is 10.1. The van der Waals surface area contributed by atoms with Crippen LogP contribution in [-0.4, -0.2) is 23.8 Å². The zero-order chi connectivity index (χ0) is 25.0. The summed E-state index contributed by atoms with van der Waals surface area (Å²) in [5.41, 5.74) is -2.84. The highest BCUT2D eigenvalue weighted by Crippen LogP contribution is 2.32. The van der Waals surface area contributed by atoms with E-state index < -0.39 is 33.6 Å². The molecule has 3 aromatic rings. The Morgan fingerprint density at radius 3 is 2.44 bits per heavy atom. The Labute approximate surface area is 191 Å². The van der Waals surface area contributed by atoms with Crippen LogP contribution >= 0.6 is 0 Å². The van der Waals surface area contributed by atoms with Crippen molar-refractivity contribution in [2.75, 3.05) is 0 Å². The van der Waals surface area contributed by atoms with Crippen molar-refractivity contribution in [1.29, 1.82) is 0 Å². The molecule has 0 N–H and O–H groups in total. The van der Waals surface area contributed by atoms with Gasteiger partial charge < -0.3 is 0 Å². The molecule has 0 radical (unpaired) electrons. The molecule has 34 heavy (non-hydrogen) atoms. The van der Waals surface area contributed by atoms with Crippen LogP contribution in [0.4, 0.5) is 18.9 Å². The third-order valence-corrected chi connectivity index (χ3v) is 5.13. The Hall–Kier alpha value is -3.96. The molecule has 0 aliphatic heterocycles. The minimum absolute atomic E-state index is 0.0311. The Bertz CT molecular complexity index is 1350. The first-order chi connectivity index (χ1) is 16.1. The Balaban J connectivity index is 1.99. The summed E-state index contributed by atoms with van der Waals surface area (Å²) in [6, 6.07) is 5.15. The molecule has 0 spiro atoms. The quantitative estimate of drug-likeness (QED) is 0.363. The van der Waals surface area contributed by atoms with Crippen LogP contribution in [0.1, 0.15) is 42.7 Å². The van der Waals surface area contributed by atoms with Gasteiger partial charge in [0, 0.05) is 24.8 Å². The molecule has 0 bridgehead atoms. The second-order valence-corrected chi connectivity index (χ2v) is 7.43. The molecule has 0 saturated carbocycles. The maximum atomic E-state index is 13.2. The lowest BCUT2D eigenvalue weighted by Gasteiger charge is -2.12. The van der Waals surface area contributed by atoms with Crippen LogP contribution in [0.25, 0.3) is 12.2 Å². The normalized spacial score (nSPS) is 11.9. The standard InChI is InChI=1S/C22H22F3N5O4/c1-3-11-29-20(31)19(30(33)34)18(28(4-2)21(29)32)10-9-15-12-26-27(13-15)14-16-7-5-6-8-17(16)22(23,24)25/h5-10,12-13H,3-4,11,14H2,1-2H3/b10-9+. The van der Waals surface area contributed by atoms with Gasteiger partial charge in [0.2, 0.25) is 0 Å². The maximum Gasteiger partial charge on any atom is 0.416 e. The molecule has 2 heterocycles. The molecule has 0 amide bonds. The average molecular weight is 477 g/mol. The van der Waals surface area contributed by atoms with Crippen LogP contribution in [0, 0.1) is 10.1 Å². The lowest BCUT2D eigenvalue weighted by molar-refractivity contribution is -0.387. The lowest BCUT2D eigenvalue weighted by Crippen LogP contribution is -2.41. The van der Waals surface area contributed by atoms with E-state index in [1.807, 2.05) is 0 Å². The van der Waals surface area contributed by atoms with Gasteiger partial charge in [0.25, 0.3) is 0 Å². The highest BCUT2D eigenvalue weighted by molar-refractivity contribution is 5.71. The maximum absolute atomic E-state index is 13.2. The first-order valence-electron chi connectivity index (χ1n) is 10.5. The van der Waals surface area contributed by atoms with Crippen LogP contribution in [0.3, 0.4) is 0 Å². The fourth-order valence-electron chi connectivity index (χ4n) is 3.60. The van der Waals surface area contributed by atoms with Crippen LogP contribution in [0.5, 0.6) is 0 Å². The predicted octanol–water partition coefficient (Wildman–Crippen LogP) is 3.78. The van der Waals surface area contributed by atoms with E-state index in [9.17, 15) is 32.9 Å². The Morgan fingerprint density at radius 1 is 1.12 bits per heavy atom. The molecular formula is C22H22F3N5O4. The summed E-state index contributed by atoms with van der Waals surface area (Å²) in [6.07, 6.45) is 1.45. The van der Waals surface area contributed by atoms with Crippen LogP contribution in [-0.2, 0) is 25.8 Å². The fourth-order valence-corrected chi connectivity index (χ4v) is 3.60. The average Bonchev–Trinajstić information content (AvgIpc) is 3.21. The van der Waals surface area contributed by atoms with Gasteiger partial charge in [-0.2, -0.15) is 18.3 Å². The molecule has 0 aliphatic carbocycles. The number of nitrogens with zero attached hydrogens (tertiary/aromatic N) is 5. The fraction of sp³-hybridized carbons (Fsp3) is 0.318. The third kappa shape index (κ3) is 5.00. The van der Waals surface area contributed by atoms with Crippen LogP contribution in [0.15, 0.2) is 46.2 Å². The number of hydrogen-bond donors (Lipinski definition) is 0. The molecule has 0 unspecified atom stereocenters. The predicted molar refractivity (Wildman–Crippen MR) is 119 cm³/mol. The van der Waals surface area contributed by atoms with Crippen molar-refractivity contribution in [3.63, 3.8) is 0 Å². The second-order valence-electron chi connectivity index (χ2n) is 7.43. The topological polar surface area (TPSA) is 105 Å². The van der Waals surface area contributed by atoms with Crippen molar-refractivity contribution in [3.05, 3.63) is 90.0 Å². The number of rotatable bonds is 8. The van der Waals surface area contributed by atoms with E-state index in [1.54, 1.807) is 13.8 Å². The van der Waals surface area contributed by atoms with Crippen molar-refractivity contribution in [1.82, 2.24) is 18.9 Å². The molecule has 9 nitrogen and oxygen atoms in total. The van der Waals surface area contributed by atoms with Gasteiger partial charge in [0.15, 0.2) is 0 Å². The van der Waals surface area contributed by atoms with Gasteiger partial charge >= 0.3 is 23.1 Å². The van der Waals surface area contributed by atoms with Gasteiger partial charge in [-0.3, -0.25) is 28.7 Å². The van der Waals surface area contributed by atoms with Crippen molar-refractivity contribution < 1.29 is 18.1 Å². The first-order valence-corrected chi connectivity index (χ1v) is 10.5. The molecule has 1 aromatic carbocycles. The molecule has 12 heteroatoms. The van der Waals surface area contributed by atoms with E-state index in [0.29, 0.717) is 12.0 Å². The minimum atomic E-state index is -4.51. The monoisotopic (exact) mass is 477 g/mol. The van der Waals surface area contributed by atoms with Gasteiger partial charge in [0.1, 0.15) is 5.69 Å². The largest absolute Gasteiger partial charge is 0.416 e. The number of aromatic nitrogens is 4. The third-order valence-electron chi connectivity index (χ3n) is 5.13. The van der Waals surface area contributed by atoms with Crippen molar-refractivity contribution in [2.24, 2.45) is 0 Å². The van der Waals surface area contributed by atoms with E-state index >= 15 is 0 Å². The smallest absolute Gasteiger partial charge is 0.288 e. The highest BCUT2D eigenvalue weighted by atomic mass is 19.4. The van der Waals surface area contributed by atoms with E-state index in [-0.39, 0.29) is 30.9 Å². The van der Waals surface area contributed by atoms with Gasteiger partial charge in [-0.05, 0) is 37.1 Å². The summed E-state index contributed by atoms with van der Waals surface area (Å²) in [5, 5.41) is 15.7. The number of benzene rings is 1. The molecule has 0 aliphatic rings. The van der Waals surface area contributed by atoms with E-state index in [1.165, 1.54) is 47.4 Å². The molecular weight excluding hydrogens is 455 g/mol. The summed E-state index contributed by atoms with van der Waals surface area (Å²) in [5.74, 6) is 0. The van der Waals surface area contributed by atoms with Crippen molar-refractivity contribution >= 4 is 17.8 Å². The van der Waals surface area contributed by atoms with Crippen molar-refractivity contribution in [2.45, 2.75) is 46.1 Å². The first kappa shape index (κ1) is 24.7. The highest BCUT2D eigenvalue weighted by Gasteiger charge is 2.33. The van der Waals surface area contributed by atoms with E-state index in [2.05, 4.69) is 5.10 Å². The van der Waals surface area contributed by atoms with Crippen LogP contribution < -0.4 is 11.2 Å². The summed E-state index contributed by atoms with van der Waals surface area (Å²) in [6.45, 7) is 3.37. The Morgan fingerprint density at radius 2 is 1.82 bits per heavy atom. The number of halogens is 3. The van der Waals surface area contributed by atoms with Gasteiger partial charge in [-0.15, -0.1) is 0 Å². The minimum Gasteiger partial charge on any atom is -0.288 e. The van der Waals surface area contributed by atoms with Gasteiger partial charge in [-0.25, -0.2) is 4.79 Å². The molecule has 0 fully saturated rings. The molecule has 0 atom stereocenters. The molecule has 180 valence electrons. The summed E-state index contributed by atoms with van der Waals surface area (Å²) >= 11 is 0. The number of nitro groups is 1.